The van der Waals surface area contributed by atoms with Crippen LogP contribution in [0.1, 0.15) is 11.1 Å². The summed E-state index contributed by atoms with van der Waals surface area (Å²) in [6.07, 6.45) is 0. The first-order valence-corrected chi connectivity index (χ1v) is 9.66. The molecule has 0 aliphatic rings. The van der Waals surface area contributed by atoms with Crippen molar-refractivity contribution in [3.05, 3.63) is 59.4 Å². The lowest BCUT2D eigenvalue weighted by Crippen LogP contribution is -2.14. The van der Waals surface area contributed by atoms with Crippen molar-refractivity contribution < 1.29 is 9.18 Å². The van der Waals surface area contributed by atoms with Gasteiger partial charge < -0.3 is 10.6 Å². The minimum absolute atomic E-state index is 0.132. The fourth-order valence-corrected chi connectivity index (χ4v) is 3.71. The van der Waals surface area contributed by atoms with Crippen LogP contribution in [0, 0.1) is 19.7 Å². The summed E-state index contributed by atoms with van der Waals surface area (Å²) in [5, 5.41) is 14.6. The van der Waals surface area contributed by atoms with Crippen LogP contribution in [0.25, 0.3) is 0 Å². The molecule has 5 nitrogen and oxygen atoms in total. The van der Waals surface area contributed by atoms with Crippen molar-refractivity contribution in [1.29, 1.82) is 0 Å². The zero-order chi connectivity index (χ0) is 18.5. The Labute approximate surface area is 159 Å². The molecule has 0 bridgehead atoms. The summed E-state index contributed by atoms with van der Waals surface area (Å²) in [4.78, 5) is 11.9. The number of halogens is 1. The molecule has 0 radical (unpaired) electrons. The van der Waals surface area contributed by atoms with Gasteiger partial charge in [-0.3, -0.25) is 4.79 Å². The van der Waals surface area contributed by atoms with E-state index in [2.05, 4.69) is 34.7 Å². The number of amides is 1. The molecule has 0 unspecified atom stereocenters. The first-order chi connectivity index (χ1) is 12.5. The Balaban J connectivity index is 1.54. The predicted molar refractivity (Wildman–Crippen MR) is 105 cm³/mol. The van der Waals surface area contributed by atoms with Crippen molar-refractivity contribution in [3.63, 3.8) is 0 Å². The Bertz CT molecular complexity index is 929. The van der Waals surface area contributed by atoms with Crippen LogP contribution in [0.4, 0.5) is 20.9 Å². The molecular weight excluding hydrogens is 371 g/mol. The van der Waals surface area contributed by atoms with Crippen molar-refractivity contribution in [2.24, 2.45) is 0 Å². The zero-order valence-corrected chi connectivity index (χ0v) is 15.9. The topological polar surface area (TPSA) is 66.9 Å². The molecule has 3 rings (SSSR count). The average molecular weight is 388 g/mol. The van der Waals surface area contributed by atoms with Gasteiger partial charge in [0.05, 0.1) is 11.4 Å². The van der Waals surface area contributed by atoms with Crippen LogP contribution in [0.3, 0.4) is 0 Å². The Morgan fingerprint density at radius 1 is 1.15 bits per heavy atom. The number of anilines is 3. The fraction of sp³-hybridized carbons (Fsp3) is 0.167. The van der Waals surface area contributed by atoms with Crippen molar-refractivity contribution in [2.45, 2.75) is 18.2 Å². The standard InChI is InChI=1S/C18H17FN4OS2/c1-11-7-8-13(9-12(11)2)20-17-22-23-18(26-17)25-10-16(24)21-15-6-4-3-5-14(15)19/h3-9H,10H2,1-2H3,(H,20,22)(H,21,24). The minimum Gasteiger partial charge on any atom is -0.330 e. The first kappa shape index (κ1) is 18.3. The van der Waals surface area contributed by atoms with E-state index < -0.39 is 5.82 Å². The number of nitrogens with one attached hydrogen (secondary N) is 2. The highest BCUT2D eigenvalue weighted by Crippen LogP contribution is 2.28. The molecule has 0 atom stereocenters. The summed E-state index contributed by atoms with van der Waals surface area (Å²) in [5.41, 5.74) is 3.54. The minimum atomic E-state index is -0.457. The van der Waals surface area contributed by atoms with E-state index in [9.17, 15) is 9.18 Å². The molecule has 0 spiro atoms. The highest BCUT2D eigenvalue weighted by molar-refractivity contribution is 8.01. The second-order valence-electron chi connectivity index (χ2n) is 5.61. The van der Waals surface area contributed by atoms with Crippen LogP contribution in [-0.2, 0) is 4.79 Å². The second-order valence-corrected chi connectivity index (χ2v) is 7.81. The van der Waals surface area contributed by atoms with E-state index in [4.69, 9.17) is 0 Å². The van der Waals surface area contributed by atoms with Crippen molar-refractivity contribution in [3.8, 4) is 0 Å². The van der Waals surface area contributed by atoms with Gasteiger partial charge in [0.25, 0.3) is 0 Å². The van der Waals surface area contributed by atoms with Gasteiger partial charge >= 0.3 is 0 Å². The van der Waals surface area contributed by atoms with Gasteiger partial charge in [0.2, 0.25) is 11.0 Å². The molecule has 1 amide bonds. The lowest BCUT2D eigenvalue weighted by atomic mass is 10.1. The fourth-order valence-electron chi connectivity index (χ4n) is 2.14. The number of para-hydroxylation sites is 1. The third kappa shape index (κ3) is 4.80. The molecule has 1 heterocycles. The lowest BCUT2D eigenvalue weighted by molar-refractivity contribution is -0.113. The third-order valence-electron chi connectivity index (χ3n) is 3.64. The number of aryl methyl sites for hydroxylation is 2. The highest BCUT2D eigenvalue weighted by atomic mass is 32.2. The zero-order valence-electron chi connectivity index (χ0n) is 14.2. The van der Waals surface area contributed by atoms with Gasteiger partial charge in [-0.2, -0.15) is 0 Å². The van der Waals surface area contributed by atoms with Gasteiger partial charge in [-0.05, 0) is 49.2 Å². The van der Waals surface area contributed by atoms with E-state index in [0.29, 0.717) is 9.47 Å². The van der Waals surface area contributed by atoms with E-state index in [1.165, 1.54) is 46.4 Å². The number of hydrogen-bond acceptors (Lipinski definition) is 6. The number of benzene rings is 2. The molecule has 0 saturated heterocycles. The monoisotopic (exact) mass is 388 g/mol. The summed E-state index contributed by atoms with van der Waals surface area (Å²) >= 11 is 2.63. The van der Waals surface area contributed by atoms with E-state index >= 15 is 0 Å². The van der Waals surface area contributed by atoms with Gasteiger partial charge in [0.15, 0.2) is 4.34 Å². The van der Waals surface area contributed by atoms with Crippen molar-refractivity contribution >= 4 is 45.5 Å². The van der Waals surface area contributed by atoms with Crippen LogP contribution in [0.5, 0.6) is 0 Å². The molecule has 2 aromatic carbocycles. The highest BCUT2D eigenvalue weighted by Gasteiger charge is 2.10. The van der Waals surface area contributed by atoms with Crippen LogP contribution in [-0.4, -0.2) is 21.9 Å². The molecule has 0 fully saturated rings. The predicted octanol–water partition coefficient (Wildman–Crippen LogP) is 4.77. The van der Waals surface area contributed by atoms with Crippen molar-refractivity contribution in [1.82, 2.24) is 10.2 Å². The van der Waals surface area contributed by atoms with Gasteiger partial charge in [-0.1, -0.05) is 41.3 Å². The van der Waals surface area contributed by atoms with Gasteiger partial charge in [0, 0.05) is 5.69 Å². The molecule has 0 aliphatic heterocycles. The summed E-state index contributed by atoms with van der Waals surface area (Å²) in [7, 11) is 0. The summed E-state index contributed by atoms with van der Waals surface area (Å²) < 4.78 is 14.2. The van der Waals surface area contributed by atoms with Crippen LogP contribution in [0.2, 0.25) is 0 Å². The average Bonchev–Trinajstić information content (AvgIpc) is 3.06. The molecule has 26 heavy (non-hydrogen) atoms. The SMILES string of the molecule is Cc1ccc(Nc2nnc(SCC(=O)Nc3ccccc3F)s2)cc1C. The largest absolute Gasteiger partial charge is 0.330 e. The second kappa shape index (κ2) is 8.29. The van der Waals surface area contributed by atoms with E-state index in [1.807, 2.05) is 18.2 Å². The first-order valence-electron chi connectivity index (χ1n) is 7.86. The summed E-state index contributed by atoms with van der Waals surface area (Å²) in [5.74, 6) is -0.618. The maximum Gasteiger partial charge on any atom is 0.234 e. The number of aromatic nitrogens is 2. The quantitative estimate of drug-likeness (QED) is 0.596. The molecule has 2 N–H and O–H groups in total. The van der Waals surface area contributed by atoms with E-state index in [0.717, 1.165) is 5.69 Å². The number of rotatable bonds is 6. The smallest absolute Gasteiger partial charge is 0.234 e. The number of carbonyl (C=O) groups excluding carboxylic acids is 1. The maximum atomic E-state index is 13.5. The molecule has 0 saturated carbocycles. The van der Waals surface area contributed by atoms with E-state index in [-0.39, 0.29) is 17.3 Å². The van der Waals surface area contributed by atoms with E-state index in [1.54, 1.807) is 12.1 Å². The van der Waals surface area contributed by atoms with Gasteiger partial charge in [-0.15, -0.1) is 10.2 Å². The Morgan fingerprint density at radius 2 is 1.96 bits per heavy atom. The molecular formula is C18H17FN4OS2. The normalized spacial score (nSPS) is 10.6. The van der Waals surface area contributed by atoms with Crippen LogP contribution < -0.4 is 10.6 Å². The summed E-state index contributed by atoms with van der Waals surface area (Å²) in [6.45, 7) is 4.11. The molecule has 8 heteroatoms. The Hall–Kier alpha value is -2.45. The van der Waals surface area contributed by atoms with Gasteiger partial charge in [-0.25, -0.2) is 4.39 Å². The Morgan fingerprint density at radius 3 is 2.73 bits per heavy atom. The van der Waals surface area contributed by atoms with Gasteiger partial charge in [0.1, 0.15) is 5.82 Å². The molecule has 1 aromatic heterocycles. The number of hydrogen-bond donors (Lipinski definition) is 2. The number of thioether (sulfide) groups is 1. The Kier molecular flexibility index (Phi) is 5.85. The van der Waals surface area contributed by atoms with Crippen molar-refractivity contribution in [2.75, 3.05) is 16.4 Å². The molecule has 0 aliphatic carbocycles. The third-order valence-corrected chi connectivity index (χ3v) is 5.61. The molecule has 134 valence electrons. The lowest BCUT2D eigenvalue weighted by Gasteiger charge is -2.05. The number of carbonyl (C=O) groups is 1. The van der Waals surface area contributed by atoms with Crippen LogP contribution in [0.15, 0.2) is 46.8 Å². The summed E-state index contributed by atoms with van der Waals surface area (Å²) in [6, 6.07) is 12.1. The molecule has 3 aromatic rings. The van der Waals surface area contributed by atoms with Crippen LogP contribution >= 0.6 is 23.1 Å². The number of nitrogens with zero attached hydrogens (tertiary/aromatic N) is 2. The maximum absolute atomic E-state index is 13.5.